The number of hydrogen-bond donors (Lipinski definition) is 0. The number of hydrogen-bond acceptors (Lipinski definition) is 2. The molecule has 0 spiro atoms. The molecule has 17 heavy (non-hydrogen) atoms. The lowest BCUT2D eigenvalue weighted by molar-refractivity contribution is -0.127. The Labute approximate surface area is 110 Å². The molecule has 0 bridgehead atoms. The molecule has 0 heterocycles. The van der Waals surface area contributed by atoms with Crippen LogP contribution in [-0.2, 0) is 16.1 Å². The smallest absolute Gasteiger partial charge is 0.161 e. The van der Waals surface area contributed by atoms with Crippen molar-refractivity contribution in [3.8, 4) is 0 Å². The zero-order chi connectivity index (χ0) is 12.1. The van der Waals surface area contributed by atoms with Crippen molar-refractivity contribution in [3.05, 3.63) is 34.3 Å². The van der Waals surface area contributed by atoms with Gasteiger partial charge in [-0.1, -0.05) is 47.0 Å². The molecule has 0 atom stereocenters. The number of Topliss-reactive ketones (excluding diaryl/α,β-unsaturated/α-hetero) is 1. The van der Waals surface area contributed by atoms with E-state index in [4.69, 9.17) is 4.74 Å². The summed E-state index contributed by atoms with van der Waals surface area (Å²) in [5.74, 6) is 0.531. The lowest BCUT2D eigenvalue weighted by atomic mass is 10.0. The highest BCUT2D eigenvalue weighted by molar-refractivity contribution is 9.10. The van der Waals surface area contributed by atoms with E-state index >= 15 is 0 Å². The molecule has 3 heteroatoms. The molecule has 1 aromatic rings. The lowest BCUT2D eigenvalue weighted by Gasteiger charge is -2.09. The van der Waals surface area contributed by atoms with Crippen molar-refractivity contribution in [2.24, 2.45) is 5.92 Å². The molecular weight excluding hydrogens is 280 g/mol. The van der Waals surface area contributed by atoms with E-state index in [0.29, 0.717) is 6.61 Å². The predicted octanol–water partition coefficient (Wildman–Crippen LogP) is 3.73. The van der Waals surface area contributed by atoms with Crippen molar-refractivity contribution in [1.82, 2.24) is 0 Å². The molecule has 0 radical (unpaired) electrons. The number of carbonyl (C=O) groups excluding carboxylic acids is 1. The van der Waals surface area contributed by atoms with E-state index in [1.807, 2.05) is 24.3 Å². The van der Waals surface area contributed by atoms with E-state index in [0.717, 1.165) is 22.9 Å². The van der Waals surface area contributed by atoms with E-state index < -0.39 is 0 Å². The fourth-order valence-corrected chi connectivity index (χ4v) is 2.64. The molecule has 1 fully saturated rings. The molecule has 0 aliphatic heterocycles. The Balaban J connectivity index is 1.76. The molecule has 0 unspecified atom stereocenters. The highest BCUT2D eigenvalue weighted by atomic mass is 79.9. The zero-order valence-electron chi connectivity index (χ0n) is 9.82. The van der Waals surface area contributed by atoms with Gasteiger partial charge in [0.05, 0.1) is 6.61 Å². The van der Waals surface area contributed by atoms with Crippen LogP contribution in [0.3, 0.4) is 0 Å². The number of benzene rings is 1. The first-order valence-electron chi connectivity index (χ1n) is 6.11. The molecule has 0 amide bonds. The van der Waals surface area contributed by atoms with Gasteiger partial charge in [0, 0.05) is 10.4 Å². The topological polar surface area (TPSA) is 26.3 Å². The van der Waals surface area contributed by atoms with E-state index in [1.165, 1.54) is 12.8 Å². The van der Waals surface area contributed by atoms with Crippen LogP contribution in [0.1, 0.15) is 31.2 Å². The first-order chi connectivity index (χ1) is 8.27. The summed E-state index contributed by atoms with van der Waals surface area (Å²) in [4.78, 5) is 11.8. The van der Waals surface area contributed by atoms with Crippen LogP contribution in [0.5, 0.6) is 0 Å². The first-order valence-corrected chi connectivity index (χ1v) is 6.90. The van der Waals surface area contributed by atoms with Crippen LogP contribution in [0.25, 0.3) is 0 Å². The lowest BCUT2D eigenvalue weighted by Crippen LogP contribution is -2.17. The average molecular weight is 297 g/mol. The quantitative estimate of drug-likeness (QED) is 0.828. The molecule has 1 saturated carbocycles. The third-order valence-corrected chi connectivity index (χ3v) is 4.04. The Morgan fingerprint density at radius 3 is 2.71 bits per heavy atom. The number of halogens is 1. The minimum atomic E-state index is 0.256. The van der Waals surface area contributed by atoms with Crippen LogP contribution >= 0.6 is 15.9 Å². The second-order valence-corrected chi connectivity index (χ2v) is 5.39. The SMILES string of the molecule is O=C(COCc1ccccc1Br)C1CCCC1. The summed E-state index contributed by atoms with van der Waals surface area (Å²) in [6.07, 6.45) is 4.50. The van der Waals surface area contributed by atoms with Crippen LogP contribution in [-0.4, -0.2) is 12.4 Å². The molecule has 0 aromatic heterocycles. The second kappa shape index (κ2) is 6.31. The van der Waals surface area contributed by atoms with Crippen LogP contribution < -0.4 is 0 Å². The van der Waals surface area contributed by atoms with Crippen molar-refractivity contribution in [2.45, 2.75) is 32.3 Å². The van der Waals surface area contributed by atoms with Gasteiger partial charge in [0.25, 0.3) is 0 Å². The highest BCUT2D eigenvalue weighted by Gasteiger charge is 2.22. The van der Waals surface area contributed by atoms with Gasteiger partial charge in [0.1, 0.15) is 6.61 Å². The van der Waals surface area contributed by atoms with Crippen molar-refractivity contribution in [1.29, 1.82) is 0 Å². The molecule has 1 aliphatic rings. The largest absolute Gasteiger partial charge is 0.369 e. The molecule has 0 N–H and O–H groups in total. The summed E-state index contributed by atoms with van der Waals surface area (Å²) >= 11 is 3.46. The van der Waals surface area contributed by atoms with E-state index in [1.54, 1.807) is 0 Å². The molecular formula is C14H17BrO2. The van der Waals surface area contributed by atoms with Gasteiger partial charge >= 0.3 is 0 Å². The molecule has 2 rings (SSSR count). The fraction of sp³-hybridized carbons (Fsp3) is 0.500. The number of carbonyl (C=O) groups is 1. The van der Waals surface area contributed by atoms with Gasteiger partial charge in [-0.3, -0.25) is 4.79 Å². The van der Waals surface area contributed by atoms with Gasteiger partial charge in [0.15, 0.2) is 5.78 Å². The van der Waals surface area contributed by atoms with Crippen molar-refractivity contribution in [2.75, 3.05) is 6.61 Å². The molecule has 1 aromatic carbocycles. The van der Waals surface area contributed by atoms with Gasteiger partial charge < -0.3 is 4.74 Å². The van der Waals surface area contributed by atoms with E-state index in [-0.39, 0.29) is 18.3 Å². The Hall–Kier alpha value is -0.670. The minimum Gasteiger partial charge on any atom is -0.369 e. The van der Waals surface area contributed by atoms with Crippen LogP contribution in [0.4, 0.5) is 0 Å². The minimum absolute atomic E-state index is 0.256. The van der Waals surface area contributed by atoms with Crippen LogP contribution in [0, 0.1) is 5.92 Å². The van der Waals surface area contributed by atoms with Gasteiger partial charge in [0.2, 0.25) is 0 Å². The maximum absolute atomic E-state index is 11.8. The summed E-state index contributed by atoms with van der Waals surface area (Å²) in [7, 11) is 0. The summed E-state index contributed by atoms with van der Waals surface area (Å²) < 4.78 is 6.53. The van der Waals surface area contributed by atoms with Gasteiger partial charge in [-0.05, 0) is 24.5 Å². The first kappa shape index (κ1) is 12.8. The highest BCUT2D eigenvalue weighted by Crippen LogP contribution is 2.25. The maximum atomic E-state index is 11.8. The van der Waals surface area contributed by atoms with Crippen molar-refractivity contribution >= 4 is 21.7 Å². The van der Waals surface area contributed by atoms with Crippen LogP contribution in [0.15, 0.2) is 28.7 Å². The Kier molecular flexibility index (Phi) is 4.75. The third-order valence-electron chi connectivity index (χ3n) is 3.27. The van der Waals surface area contributed by atoms with Gasteiger partial charge in [-0.15, -0.1) is 0 Å². The Morgan fingerprint density at radius 1 is 1.29 bits per heavy atom. The second-order valence-electron chi connectivity index (χ2n) is 4.53. The number of ketones is 1. The third kappa shape index (κ3) is 3.65. The monoisotopic (exact) mass is 296 g/mol. The molecule has 1 aliphatic carbocycles. The fourth-order valence-electron chi connectivity index (χ4n) is 2.24. The Bertz CT molecular complexity index is 384. The Morgan fingerprint density at radius 2 is 2.00 bits per heavy atom. The van der Waals surface area contributed by atoms with Gasteiger partial charge in [-0.25, -0.2) is 0 Å². The molecule has 2 nitrogen and oxygen atoms in total. The summed E-state index contributed by atoms with van der Waals surface area (Å²) in [5, 5.41) is 0. The number of rotatable bonds is 5. The predicted molar refractivity (Wildman–Crippen MR) is 70.8 cm³/mol. The van der Waals surface area contributed by atoms with E-state index in [9.17, 15) is 4.79 Å². The normalized spacial score (nSPS) is 16.3. The number of ether oxygens (including phenoxy) is 1. The molecule has 92 valence electrons. The maximum Gasteiger partial charge on any atom is 0.161 e. The van der Waals surface area contributed by atoms with Crippen molar-refractivity contribution < 1.29 is 9.53 Å². The van der Waals surface area contributed by atoms with E-state index in [2.05, 4.69) is 15.9 Å². The average Bonchev–Trinajstić information content (AvgIpc) is 2.85. The zero-order valence-corrected chi connectivity index (χ0v) is 11.4. The standard InChI is InChI=1S/C14H17BrO2/c15-13-8-4-3-7-12(13)9-17-10-14(16)11-5-1-2-6-11/h3-4,7-8,11H,1-2,5-6,9-10H2. The van der Waals surface area contributed by atoms with Crippen LogP contribution in [0.2, 0.25) is 0 Å². The van der Waals surface area contributed by atoms with Gasteiger partial charge in [-0.2, -0.15) is 0 Å². The molecule has 0 saturated heterocycles. The summed E-state index contributed by atoms with van der Waals surface area (Å²) in [5.41, 5.74) is 1.09. The summed E-state index contributed by atoms with van der Waals surface area (Å²) in [6, 6.07) is 7.93. The summed E-state index contributed by atoms with van der Waals surface area (Å²) in [6.45, 7) is 0.756. The van der Waals surface area contributed by atoms with Crippen molar-refractivity contribution in [3.63, 3.8) is 0 Å².